The van der Waals surface area contributed by atoms with Gasteiger partial charge in [-0.15, -0.1) is 10.2 Å². The molecular formula is C10H19N3S3. The van der Waals surface area contributed by atoms with Gasteiger partial charge in [0.1, 0.15) is 0 Å². The van der Waals surface area contributed by atoms with Crippen molar-refractivity contribution in [1.29, 1.82) is 0 Å². The fourth-order valence-electron chi connectivity index (χ4n) is 1.15. The van der Waals surface area contributed by atoms with E-state index >= 15 is 0 Å². The molecule has 0 fully saturated rings. The summed E-state index contributed by atoms with van der Waals surface area (Å²) in [4.78, 5) is 0. The molecule has 0 aromatic carbocycles. The third-order valence-corrected chi connectivity index (χ3v) is 5.08. The van der Waals surface area contributed by atoms with E-state index in [2.05, 4.69) is 22.4 Å². The van der Waals surface area contributed by atoms with E-state index in [4.69, 9.17) is 0 Å². The highest BCUT2D eigenvalue weighted by Crippen LogP contribution is 2.27. The monoisotopic (exact) mass is 277 g/mol. The second-order valence-electron chi connectivity index (χ2n) is 3.34. The molecule has 0 saturated carbocycles. The normalized spacial score (nSPS) is 10.9. The predicted octanol–water partition coefficient (Wildman–Crippen LogP) is 3.13. The van der Waals surface area contributed by atoms with Crippen LogP contribution in [0.15, 0.2) is 8.68 Å². The zero-order valence-corrected chi connectivity index (χ0v) is 12.3. The molecule has 3 nitrogen and oxygen atoms in total. The van der Waals surface area contributed by atoms with Gasteiger partial charge in [0, 0.05) is 5.75 Å². The van der Waals surface area contributed by atoms with Crippen LogP contribution in [0.3, 0.4) is 0 Å². The Labute approximate surface area is 110 Å². The summed E-state index contributed by atoms with van der Waals surface area (Å²) in [6, 6.07) is 0. The summed E-state index contributed by atoms with van der Waals surface area (Å²) in [7, 11) is 0. The van der Waals surface area contributed by atoms with Crippen molar-refractivity contribution in [1.82, 2.24) is 15.5 Å². The second kappa shape index (κ2) is 9.27. The number of nitrogens with zero attached hydrogens (tertiary/aromatic N) is 2. The minimum atomic E-state index is 1.06. The minimum absolute atomic E-state index is 1.06. The molecule has 0 aliphatic carbocycles. The first-order chi connectivity index (χ1) is 7.86. The van der Waals surface area contributed by atoms with Gasteiger partial charge in [0.05, 0.1) is 0 Å². The van der Waals surface area contributed by atoms with Crippen molar-refractivity contribution in [3.8, 4) is 0 Å². The highest BCUT2D eigenvalue weighted by Gasteiger charge is 2.02. The lowest BCUT2D eigenvalue weighted by molar-refractivity contribution is 0.635. The van der Waals surface area contributed by atoms with Crippen molar-refractivity contribution in [2.75, 3.05) is 25.1 Å². The standard InChI is InChI=1S/C10H19N3S3/c1-3-6-11-7-4-5-8-15-10-13-12-9(14-2)16-10/h11H,3-8H2,1-2H3. The molecule has 0 radical (unpaired) electrons. The van der Waals surface area contributed by atoms with E-state index in [-0.39, 0.29) is 0 Å². The van der Waals surface area contributed by atoms with Crippen molar-refractivity contribution in [2.24, 2.45) is 0 Å². The second-order valence-corrected chi connectivity index (χ2v) is 6.72. The highest BCUT2D eigenvalue weighted by molar-refractivity contribution is 8.02. The molecule has 92 valence electrons. The van der Waals surface area contributed by atoms with E-state index in [1.54, 1.807) is 23.1 Å². The van der Waals surface area contributed by atoms with Gasteiger partial charge in [-0.05, 0) is 38.6 Å². The number of rotatable bonds is 9. The summed E-state index contributed by atoms with van der Waals surface area (Å²) in [6.07, 6.45) is 5.75. The van der Waals surface area contributed by atoms with E-state index in [0.717, 1.165) is 27.5 Å². The molecule has 0 spiro atoms. The van der Waals surface area contributed by atoms with Gasteiger partial charge in [0.2, 0.25) is 0 Å². The van der Waals surface area contributed by atoms with Crippen LogP contribution in [0.5, 0.6) is 0 Å². The number of hydrogen-bond acceptors (Lipinski definition) is 6. The highest BCUT2D eigenvalue weighted by atomic mass is 32.2. The molecule has 1 rings (SSSR count). The van der Waals surface area contributed by atoms with Gasteiger partial charge >= 0.3 is 0 Å². The molecule has 0 atom stereocenters. The molecular weight excluding hydrogens is 258 g/mol. The van der Waals surface area contributed by atoms with Gasteiger partial charge < -0.3 is 5.32 Å². The summed E-state index contributed by atoms with van der Waals surface area (Å²) in [5.74, 6) is 1.15. The lowest BCUT2D eigenvalue weighted by Crippen LogP contribution is -2.15. The van der Waals surface area contributed by atoms with E-state index in [0.29, 0.717) is 0 Å². The smallest absolute Gasteiger partial charge is 0.175 e. The minimum Gasteiger partial charge on any atom is -0.317 e. The molecule has 1 N–H and O–H groups in total. The lowest BCUT2D eigenvalue weighted by Gasteiger charge is -2.01. The summed E-state index contributed by atoms with van der Waals surface area (Å²) in [5, 5.41) is 11.6. The van der Waals surface area contributed by atoms with Gasteiger partial charge in [-0.25, -0.2) is 0 Å². The van der Waals surface area contributed by atoms with Crippen molar-refractivity contribution in [2.45, 2.75) is 34.9 Å². The van der Waals surface area contributed by atoms with Crippen LogP contribution in [0.2, 0.25) is 0 Å². The fraction of sp³-hybridized carbons (Fsp3) is 0.800. The Morgan fingerprint density at radius 3 is 2.69 bits per heavy atom. The maximum atomic E-state index is 4.13. The quantitative estimate of drug-likeness (QED) is 0.554. The molecule has 1 aromatic heterocycles. The van der Waals surface area contributed by atoms with Crippen LogP contribution in [0.25, 0.3) is 0 Å². The summed E-state index contributed by atoms with van der Waals surface area (Å²) < 4.78 is 2.16. The largest absolute Gasteiger partial charge is 0.317 e. The third-order valence-electron chi connectivity index (χ3n) is 1.96. The fourth-order valence-corrected chi connectivity index (χ4v) is 3.66. The molecule has 0 saturated heterocycles. The van der Waals surface area contributed by atoms with Crippen LogP contribution in [-0.2, 0) is 0 Å². The Bertz CT molecular complexity index is 278. The molecule has 1 aromatic rings. The zero-order chi connectivity index (χ0) is 11.6. The molecule has 0 unspecified atom stereocenters. The Morgan fingerprint density at radius 1 is 1.19 bits per heavy atom. The number of hydrogen-bond donors (Lipinski definition) is 1. The molecule has 1 heterocycles. The van der Waals surface area contributed by atoms with E-state index in [9.17, 15) is 0 Å². The Balaban J connectivity index is 1.98. The van der Waals surface area contributed by atoms with E-state index < -0.39 is 0 Å². The maximum Gasteiger partial charge on any atom is 0.175 e. The molecule has 0 amide bonds. The molecule has 16 heavy (non-hydrogen) atoms. The van der Waals surface area contributed by atoms with Crippen LogP contribution in [0.4, 0.5) is 0 Å². The van der Waals surface area contributed by atoms with Gasteiger partial charge in [0.15, 0.2) is 8.68 Å². The molecule has 0 bridgehead atoms. The molecule has 0 aliphatic heterocycles. The van der Waals surface area contributed by atoms with Crippen LogP contribution in [0, 0.1) is 0 Å². The van der Waals surface area contributed by atoms with Crippen LogP contribution >= 0.6 is 34.9 Å². The van der Waals surface area contributed by atoms with Crippen molar-refractivity contribution in [3.05, 3.63) is 0 Å². The van der Waals surface area contributed by atoms with Crippen LogP contribution in [-0.4, -0.2) is 35.3 Å². The Morgan fingerprint density at radius 2 is 2.00 bits per heavy atom. The Kier molecular flexibility index (Phi) is 8.28. The first-order valence-corrected chi connectivity index (χ1v) is 8.60. The van der Waals surface area contributed by atoms with Gasteiger partial charge in [-0.1, -0.05) is 41.8 Å². The van der Waals surface area contributed by atoms with E-state index in [1.165, 1.54) is 19.3 Å². The number of aromatic nitrogens is 2. The predicted molar refractivity (Wildman–Crippen MR) is 74.8 cm³/mol. The maximum absolute atomic E-state index is 4.13. The zero-order valence-electron chi connectivity index (χ0n) is 9.86. The van der Waals surface area contributed by atoms with Gasteiger partial charge in [-0.2, -0.15) is 0 Å². The number of unbranched alkanes of at least 4 members (excludes halogenated alkanes) is 1. The van der Waals surface area contributed by atoms with Crippen molar-refractivity contribution in [3.63, 3.8) is 0 Å². The number of nitrogens with one attached hydrogen (secondary N) is 1. The SMILES string of the molecule is CCCNCCCCSc1nnc(SC)s1. The Hall–Kier alpha value is 0.220. The average Bonchev–Trinajstić information content (AvgIpc) is 2.76. The van der Waals surface area contributed by atoms with Gasteiger partial charge in [0.25, 0.3) is 0 Å². The summed E-state index contributed by atoms with van der Waals surface area (Å²) >= 11 is 5.18. The summed E-state index contributed by atoms with van der Waals surface area (Å²) in [5.41, 5.74) is 0. The number of thioether (sulfide) groups is 2. The van der Waals surface area contributed by atoms with Gasteiger partial charge in [-0.3, -0.25) is 0 Å². The first kappa shape index (κ1) is 14.3. The lowest BCUT2D eigenvalue weighted by atomic mass is 10.3. The molecule has 0 aliphatic rings. The van der Waals surface area contributed by atoms with Crippen LogP contribution < -0.4 is 5.32 Å². The van der Waals surface area contributed by atoms with Crippen LogP contribution in [0.1, 0.15) is 26.2 Å². The summed E-state index contributed by atoms with van der Waals surface area (Å²) in [6.45, 7) is 4.48. The first-order valence-electron chi connectivity index (χ1n) is 5.57. The average molecular weight is 277 g/mol. The van der Waals surface area contributed by atoms with Crippen molar-refractivity contribution < 1.29 is 0 Å². The van der Waals surface area contributed by atoms with Crippen molar-refractivity contribution >= 4 is 34.9 Å². The third kappa shape index (κ3) is 6.08. The molecule has 6 heteroatoms. The van der Waals surface area contributed by atoms with E-state index in [1.807, 2.05) is 18.0 Å². The topological polar surface area (TPSA) is 37.8 Å².